The maximum Gasteiger partial charge on any atom is 0.165 e. The van der Waals surface area contributed by atoms with E-state index in [0.29, 0.717) is 23.4 Å². The van der Waals surface area contributed by atoms with Crippen molar-refractivity contribution in [2.45, 2.75) is 24.7 Å². The second kappa shape index (κ2) is 6.10. The number of hydrogen-bond donors (Lipinski definition) is 4. The number of fused-ring (bicyclic) bond motifs is 1. The number of aliphatic hydroxyl groups excluding tert-OH is 3. The molecule has 0 saturated heterocycles. The van der Waals surface area contributed by atoms with Crippen molar-refractivity contribution < 1.29 is 15.3 Å². The minimum absolute atomic E-state index is 0. The summed E-state index contributed by atoms with van der Waals surface area (Å²) >= 11 is 0. The van der Waals surface area contributed by atoms with Gasteiger partial charge in [-0.25, -0.2) is 15.0 Å². The summed E-state index contributed by atoms with van der Waals surface area (Å²) in [5.41, 5.74) is 1.21. The summed E-state index contributed by atoms with van der Waals surface area (Å²) in [6, 6.07) is -0.355. The first-order chi connectivity index (χ1) is 9.67. The monoisotopic (exact) mass is 315 g/mol. The molecule has 0 aliphatic heterocycles. The van der Waals surface area contributed by atoms with Crippen molar-refractivity contribution >= 4 is 29.4 Å². The zero-order valence-electron chi connectivity index (χ0n) is 11.4. The maximum atomic E-state index is 10.1. The van der Waals surface area contributed by atoms with Gasteiger partial charge in [-0.3, -0.25) is 0 Å². The molecule has 9 heteroatoms. The van der Waals surface area contributed by atoms with Gasteiger partial charge >= 0.3 is 0 Å². The molecule has 0 radical (unpaired) electrons. The Morgan fingerprint density at radius 3 is 2.67 bits per heavy atom. The van der Waals surface area contributed by atoms with E-state index in [1.54, 1.807) is 17.9 Å². The van der Waals surface area contributed by atoms with Crippen molar-refractivity contribution in [1.29, 1.82) is 0 Å². The van der Waals surface area contributed by atoms with Crippen LogP contribution in [0.4, 0.5) is 5.82 Å². The zero-order valence-corrected chi connectivity index (χ0v) is 12.2. The van der Waals surface area contributed by atoms with Gasteiger partial charge in [0.05, 0.1) is 18.5 Å². The number of rotatable bonds is 3. The highest BCUT2D eigenvalue weighted by atomic mass is 35.5. The number of aromatic nitrogens is 4. The highest BCUT2D eigenvalue weighted by Crippen LogP contribution is 2.36. The fourth-order valence-electron chi connectivity index (χ4n) is 2.83. The topological polar surface area (TPSA) is 116 Å². The van der Waals surface area contributed by atoms with Gasteiger partial charge in [0, 0.05) is 19.6 Å². The van der Waals surface area contributed by atoms with Gasteiger partial charge < -0.3 is 25.2 Å². The maximum absolute atomic E-state index is 10.1. The third kappa shape index (κ3) is 2.44. The second-order valence-electron chi connectivity index (χ2n) is 5.02. The Labute approximate surface area is 127 Å². The van der Waals surface area contributed by atoms with Crippen LogP contribution in [-0.4, -0.2) is 60.7 Å². The number of halogens is 1. The molecule has 2 heterocycles. The summed E-state index contributed by atoms with van der Waals surface area (Å²) in [6.45, 7) is -0.155. The summed E-state index contributed by atoms with van der Waals surface area (Å²) in [6.07, 6.45) is 1.60. The van der Waals surface area contributed by atoms with Gasteiger partial charge in [-0.1, -0.05) is 0 Å². The molecule has 0 bridgehead atoms. The summed E-state index contributed by atoms with van der Waals surface area (Å²) < 4.78 is 1.74. The average Bonchev–Trinajstić information content (AvgIpc) is 3.01. The molecule has 1 aliphatic carbocycles. The van der Waals surface area contributed by atoms with Crippen molar-refractivity contribution in [3.05, 3.63) is 12.7 Å². The SMILES string of the molecule is CNc1ncnc2c1ncn2C1CC(CO)C(O)C1O.Cl. The molecule has 116 valence electrons. The Bertz CT molecular complexity index is 622. The second-order valence-corrected chi connectivity index (χ2v) is 5.02. The van der Waals surface area contributed by atoms with E-state index in [0.717, 1.165) is 0 Å². The van der Waals surface area contributed by atoms with E-state index in [9.17, 15) is 15.3 Å². The molecule has 4 unspecified atom stereocenters. The lowest BCUT2D eigenvalue weighted by Crippen LogP contribution is -2.30. The van der Waals surface area contributed by atoms with Gasteiger partial charge in [0.25, 0.3) is 0 Å². The smallest absolute Gasteiger partial charge is 0.165 e. The van der Waals surface area contributed by atoms with Crippen LogP contribution >= 0.6 is 12.4 Å². The Kier molecular flexibility index (Phi) is 4.62. The van der Waals surface area contributed by atoms with Crippen LogP contribution in [0.5, 0.6) is 0 Å². The summed E-state index contributed by atoms with van der Waals surface area (Å²) in [4.78, 5) is 12.5. The van der Waals surface area contributed by atoms with Crippen molar-refractivity contribution in [2.24, 2.45) is 5.92 Å². The van der Waals surface area contributed by atoms with Gasteiger partial charge in [-0.05, 0) is 6.42 Å². The molecule has 1 saturated carbocycles. The molecular formula is C12H18ClN5O3. The Hall–Kier alpha value is -1.48. The third-order valence-electron chi connectivity index (χ3n) is 3.96. The fourth-order valence-corrected chi connectivity index (χ4v) is 2.83. The molecule has 2 aromatic rings. The number of aliphatic hydroxyl groups is 3. The Morgan fingerprint density at radius 2 is 2.05 bits per heavy atom. The van der Waals surface area contributed by atoms with Gasteiger partial charge in [-0.2, -0.15) is 0 Å². The number of anilines is 1. The standard InChI is InChI=1S/C12H17N5O3.ClH/c1-13-11-8-12(15-4-14-11)17(5-16-8)7-2-6(3-18)9(19)10(7)20;/h4-7,9-10,18-20H,2-3H2,1H3,(H,13,14,15);1H. The van der Waals surface area contributed by atoms with Crippen LogP contribution in [-0.2, 0) is 0 Å². The average molecular weight is 316 g/mol. The lowest BCUT2D eigenvalue weighted by Gasteiger charge is -2.18. The lowest BCUT2D eigenvalue weighted by atomic mass is 10.1. The van der Waals surface area contributed by atoms with Gasteiger partial charge in [0.1, 0.15) is 17.9 Å². The van der Waals surface area contributed by atoms with Crippen LogP contribution in [0.1, 0.15) is 12.5 Å². The molecule has 4 N–H and O–H groups in total. The van der Waals surface area contributed by atoms with Crippen molar-refractivity contribution in [3.63, 3.8) is 0 Å². The van der Waals surface area contributed by atoms with E-state index in [-0.39, 0.29) is 31.0 Å². The molecule has 3 rings (SSSR count). The molecule has 21 heavy (non-hydrogen) atoms. The molecule has 1 fully saturated rings. The van der Waals surface area contributed by atoms with Crippen molar-refractivity contribution in [2.75, 3.05) is 19.0 Å². The quantitative estimate of drug-likeness (QED) is 0.607. The van der Waals surface area contributed by atoms with E-state index in [1.807, 2.05) is 0 Å². The lowest BCUT2D eigenvalue weighted by molar-refractivity contribution is -0.00370. The number of nitrogens with one attached hydrogen (secondary N) is 1. The highest BCUT2D eigenvalue weighted by Gasteiger charge is 2.42. The van der Waals surface area contributed by atoms with Gasteiger partial charge in [0.15, 0.2) is 11.5 Å². The molecule has 4 atom stereocenters. The first-order valence-corrected chi connectivity index (χ1v) is 6.49. The summed E-state index contributed by atoms with van der Waals surface area (Å²) in [5.74, 6) is 0.276. The van der Waals surface area contributed by atoms with Crippen LogP contribution in [0.25, 0.3) is 11.2 Å². The van der Waals surface area contributed by atoms with E-state index in [2.05, 4.69) is 20.3 Å². The number of nitrogens with zero attached hydrogens (tertiary/aromatic N) is 4. The fraction of sp³-hybridized carbons (Fsp3) is 0.583. The molecule has 0 spiro atoms. The predicted octanol–water partition coefficient (Wildman–Crippen LogP) is -0.435. The normalized spacial score (nSPS) is 28.6. The molecule has 0 amide bonds. The van der Waals surface area contributed by atoms with Crippen LogP contribution in [0.15, 0.2) is 12.7 Å². The number of hydrogen-bond acceptors (Lipinski definition) is 7. The summed E-state index contributed by atoms with van der Waals surface area (Å²) in [7, 11) is 1.75. The van der Waals surface area contributed by atoms with E-state index in [4.69, 9.17) is 0 Å². The van der Waals surface area contributed by atoms with E-state index in [1.165, 1.54) is 6.33 Å². The molecule has 8 nitrogen and oxygen atoms in total. The van der Waals surface area contributed by atoms with Gasteiger partial charge in [0.2, 0.25) is 0 Å². The predicted molar refractivity (Wildman–Crippen MR) is 78.4 cm³/mol. The van der Waals surface area contributed by atoms with Crippen molar-refractivity contribution in [3.8, 4) is 0 Å². The van der Waals surface area contributed by atoms with Crippen LogP contribution < -0.4 is 5.32 Å². The Morgan fingerprint density at radius 1 is 1.29 bits per heavy atom. The first-order valence-electron chi connectivity index (χ1n) is 6.49. The molecule has 2 aromatic heterocycles. The summed E-state index contributed by atoms with van der Waals surface area (Å²) in [5, 5.41) is 32.2. The van der Waals surface area contributed by atoms with Crippen LogP contribution in [0, 0.1) is 5.92 Å². The third-order valence-corrected chi connectivity index (χ3v) is 3.96. The van der Waals surface area contributed by atoms with Crippen LogP contribution in [0.3, 0.4) is 0 Å². The Balaban J connectivity index is 0.00000161. The molecular weight excluding hydrogens is 298 g/mol. The zero-order chi connectivity index (χ0) is 14.3. The molecule has 0 aromatic carbocycles. The minimum Gasteiger partial charge on any atom is -0.396 e. The minimum atomic E-state index is -0.947. The number of imidazole rings is 1. The van der Waals surface area contributed by atoms with Crippen LogP contribution in [0.2, 0.25) is 0 Å². The van der Waals surface area contributed by atoms with Crippen molar-refractivity contribution in [1.82, 2.24) is 19.5 Å². The highest BCUT2D eigenvalue weighted by molar-refractivity contribution is 5.85. The van der Waals surface area contributed by atoms with E-state index >= 15 is 0 Å². The largest absolute Gasteiger partial charge is 0.396 e. The molecule has 1 aliphatic rings. The van der Waals surface area contributed by atoms with Gasteiger partial charge in [-0.15, -0.1) is 12.4 Å². The van der Waals surface area contributed by atoms with E-state index < -0.39 is 12.2 Å². The first kappa shape index (κ1) is 15.9.